The lowest BCUT2D eigenvalue weighted by molar-refractivity contribution is -0.118. The number of carbonyl (C=O) groups excluding carboxylic acids is 1. The van der Waals surface area contributed by atoms with Gasteiger partial charge in [-0.05, 0) is 35.1 Å². The third-order valence-corrected chi connectivity index (χ3v) is 5.26. The number of hydrogen-bond acceptors (Lipinski definition) is 4. The average Bonchev–Trinajstić information content (AvgIpc) is 3.14. The third-order valence-electron chi connectivity index (χ3n) is 4.50. The largest absolute Gasteiger partial charge is 0.484 e. The van der Waals surface area contributed by atoms with Gasteiger partial charge in [-0.1, -0.05) is 64.1 Å². The van der Waals surface area contributed by atoms with Crippen LogP contribution in [0.3, 0.4) is 0 Å². The molecule has 5 heteroatoms. The molecule has 3 aromatic rings. The summed E-state index contributed by atoms with van der Waals surface area (Å²) in [6.45, 7) is 8.58. The van der Waals surface area contributed by atoms with E-state index in [1.165, 1.54) is 22.5 Å². The summed E-state index contributed by atoms with van der Waals surface area (Å²) in [4.78, 5) is 16.7. The van der Waals surface area contributed by atoms with Crippen LogP contribution in [0.4, 0.5) is 5.13 Å². The van der Waals surface area contributed by atoms with Crippen LogP contribution in [0, 0.1) is 0 Å². The van der Waals surface area contributed by atoms with Gasteiger partial charge < -0.3 is 4.74 Å². The van der Waals surface area contributed by atoms with E-state index in [2.05, 4.69) is 62.3 Å². The van der Waals surface area contributed by atoms with E-state index in [9.17, 15) is 4.79 Å². The molecule has 1 heterocycles. The summed E-state index contributed by atoms with van der Waals surface area (Å²) in [6.07, 6.45) is 1.01. The Balaban J connectivity index is 1.54. The summed E-state index contributed by atoms with van der Waals surface area (Å²) in [5.41, 5.74) is 4.52. The zero-order valence-electron chi connectivity index (χ0n) is 16.8. The Kier molecular flexibility index (Phi) is 6.15. The first kappa shape index (κ1) is 20.1. The monoisotopic (exact) mass is 394 g/mol. The smallest absolute Gasteiger partial charge is 0.264 e. The van der Waals surface area contributed by atoms with Crippen molar-refractivity contribution in [3.8, 4) is 17.0 Å². The summed E-state index contributed by atoms with van der Waals surface area (Å²) < 4.78 is 5.59. The number of hydrogen-bond donors (Lipinski definition) is 1. The molecule has 146 valence electrons. The zero-order valence-corrected chi connectivity index (χ0v) is 17.6. The van der Waals surface area contributed by atoms with Crippen LogP contribution in [0.15, 0.2) is 53.9 Å². The van der Waals surface area contributed by atoms with Gasteiger partial charge in [-0.15, -0.1) is 11.3 Å². The van der Waals surface area contributed by atoms with Gasteiger partial charge in [-0.2, -0.15) is 0 Å². The second kappa shape index (κ2) is 8.57. The second-order valence-corrected chi connectivity index (χ2v) is 8.56. The first-order chi connectivity index (χ1) is 13.3. The number of thiazole rings is 1. The molecule has 0 bridgehead atoms. The number of rotatable bonds is 6. The highest BCUT2D eigenvalue weighted by molar-refractivity contribution is 7.14. The highest BCUT2D eigenvalue weighted by Crippen LogP contribution is 2.26. The maximum Gasteiger partial charge on any atom is 0.264 e. The van der Waals surface area contributed by atoms with Crippen LogP contribution >= 0.6 is 11.3 Å². The lowest BCUT2D eigenvalue weighted by Gasteiger charge is -2.19. The molecule has 1 amide bonds. The van der Waals surface area contributed by atoms with Crippen LogP contribution in [0.1, 0.15) is 38.8 Å². The predicted octanol–water partition coefficient (Wildman–Crippen LogP) is 5.69. The fourth-order valence-electron chi connectivity index (χ4n) is 2.73. The Morgan fingerprint density at radius 2 is 1.75 bits per heavy atom. The molecule has 28 heavy (non-hydrogen) atoms. The molecule has 0 aliphatic rings. The van der Waals surface area contributed by atoms with E-state index in [4.69, 9.17) is 4.74 Å². The third kappa shape index (κ3) is 5.20. The molecule has 0 saturated carbocycles. The average molecular weight is 395 g/mol. The molecule has 1 N–H and O–H groups in total. The van der Waals surface area contributed by atoms with Crippen molar-refractivity contribution in [2.24, 2.45) is 0 Å². The number of carbonyl (C=O) groups is 1. The van der Waals surface area contributed by atoms with Crippen LogP contribution in [0.5, 0.6) is 5.75 Å². The summed E-state index contributed by atoms with van der Waals surface area (Å²) in [5, 5.41) is 5.33. The number of ether oxygens (including phenoxy) is 1. The van der Waals surface area contributed by atoms with Crippen LogP contribution in [0.25, 0.3) is 11.3 Å². The summed E-state index contributed by atoms with van der Waals surface area (Å²) in [7, 11) is 0. The molecule has 2 aromatic carbocycles. The van der Waals surface area contributed by atoms with Crippen molar-refractivity contribution >= 4 is 22.4 Å². The van der Waals surface area contributed by atoms with Gasteiger partial charge in [-0.25, -0.2) is 4.98 Å². The second-order valence-electron chi connectivity index (χ2n) is 7.70. The van der Waals surface area contributed by atoms with Crippen molar-refractivity contribution in [1.82, 2.24) is 4.98 Å². The lowest BCUT2D eigenvalue weighted by atomic mass is 9.87. The van der Waals surface area contributed by atoms with Gasteiger partial charge in [0, 0.05) is 10.9 Å². The van der Waals surface area contributed by atoms with Gasteiger partial charge in [0.25, 0.3) is 5.91 Å². The first-order valence-electron chi connectivity index (χ1n) is 9.43. The van der Waals surface area contributed by atoms with Gasteiger partial charge in [0.15, 0.2) is 11.7 Å². The first-order valence-corrected chi connectivity index (χ1v) is 10.3. The molecular formula is C23H26N2O2S. The standard InChI is InChI=1S/C23H26N2O2S/c1-5-16-6-8-17(9-7-16)20-15-28-22(24-20)25-21(26)14-27-19-12-10-18(11-13-19)23(2,3)4/h6-13,15H,5,14H2,1-4H3,(H,24,25,26). The molecule has 0 aliphatic heterocycles. The maximum absolute atomic E-state index is 12.2. The number of aryl methyl sites for hydroxylation is 1. The Morgan fingerprint density at radius 1 is 1.07 bits per heavy atom. The highest BCUT2D eigenvalue weighted by Gasteiger charge is 2.13. The number of nitrogens with one attached hydrogen (secondary N) is 1. The van der Waals surface area contributed by atoms with E-state index >= 15 is 0 Å². The van der Waals surface area contributed by atoms with Gasteiger partial charge in [-0.3, -0.25) is 10.1 Å². The fraction of sp³-hybridized carbons (Fsp3) is 0.304. The topological polar surface area (TPSA) is 51.2 Å². The molecule has 4 nitrogen and oxygen atoms in total. The summed E-state index contributed by atoms with van der Waals surface area (Å²) >= 11 is 1.41. The number of benzene rings is 2. The molecule has 0 unspecified atom stereocenters. The molecule has 0 saturated heterocycles. The van der Waals surface area contributed by atoms with Crippen molar-refractivity contribution in [2.45, 2.75) is 39.5 Å². The molecule has 0 radical (unpaired) electrons. The summed E-state index contributed by atoms with van der Waals surface area (Å²) in [5.74, 6) is 0.459. The Bertz CT molecular complexity index is 922. The van der Waals surface area contributed by atoms with Gasteiger partial charge >= 0.3 is 0 Å². The van der Waals surface area contributed by atoms with Crippen molar-refractivity contribution in [3.05, 3.63) is 65.0 Å². The van der Waals surface area contributed by atoms with Crippen molar-refractivity contribution in [2.75, 3.05) is 11.9 Å². The lowest BCUT2D eigenvalue weighted by Crippen LogP contribution is -2.20. The van der Waals surface area contributed by atoms with Crippen molar-refractivity contribution < 1.29 is 9.53 Å². The predicted molar refractivity (Wildman–Crippen MR) is 116 cm³/mol. The van der Waals surface area contributed by atoms with E-state index in [-0.39, 0.29) is 17.9 Å². The number of aromatic nitrogens is 1. The number of anilines is 1. The normalized spacial score (nSPS) is 11.3. The molecule has 0 spiro atoms. The molecule has 1 aromatic heterocycles. The molecule has 3 rings (SSSR count). The molecule has 0 fully saturated rings. The van der Waals surface area contributed by atoms with Gasteiger partial charge in [0.1, 0.15) is 5.75 Å². The summed E-state index contributed by atoms with van der Waals surface area (Å²) in [6, 6.07) is 16.2. The number of nitrogens with zero attached hydrogens (tertiary/aromatic N) is 1. The minimum absolute atomic E-state index is 0.0467. The Labute approximate surface area is 170 Å². The van der Waals surface area contributed by atoms with Crippen LogP contribution in [-0.2, 0) is 16.6 Å². The van der Waals surface area contributed by atoms with Crippen molar-refractivity contribution in [1.29, 1.82) is 0 Å². The minimum atomic E-state index is -0.220. The minimum Gasteiger partial charge on any atom is -0.484 e. The van der Waals surface area contributed by atoms with E-state index < -0.39 is 0 Å². The Hall–Kier alpha value is -2.66. The van der Waals surface area contributed by atoms with Crippen LogP contribution in [0.2, 0.25) is 0 Å². The Morgan fingerprint density at radius 3 is 2.36 bits per heavy atom. The number of amides is 1. The van der Waals surface area contributed by atoms with Gasteiger partial charge in [0.2, 0.25) is 0 Å². The van der Waals surface area contributed by atoms with E-state index in [1.807, 2.05) is 29.6 Å². The van der Waals surface area contributed by atoms with Crippen LogP contribution in [-0.4, -0.2) is 17.5 Å². The molecule has 0 aliphatic carbocycles. The fourth-order valence-corrected chi connectivity index (χ4v) is 3.47. The van der Waals surface area contributed by atoms with E-state index in [0.717, 1.165) is 17.7 Å². The van der Waals surface area contributed by atoms with Gasteiger partial charge in [0.05, 0.1) is 5.69 Å². The quantitative estimate of drug-likeness (QED) is 0.584. The zero-order chi connectivity index (χ0) is 20.1. The highest BCUT2D eigenvalue weighted by atomic mass is 32.1. The van der Waals surface area contributed by atoms with E-state index in [0.29, 0.717) is 10.9 Å². The van der Waals surface area contributed by atoms with Crippen LogP contribution < -0.4 is 10.1 Å². The van der Waals surface area contributed by atoms with Crippen molar-refractivity contribution in [3.63, 3.8) is 0 Å². The maximum atomic E-state index is 12.2. The van der Waals surface area contributed by atoms with E-state index in [1.54, 1.807) is 0 Å². The molecular weight excluding hydrogens is 368 g/mol. The molecule has 0 atom stereocenters. The SMILES string of the molecule is CCc1ccc(-c2csc(NC(=O)COc3ccc(C(C)(C)C)cc3)n2)cc1.